The summed E-state index contributed by atoms with van der Waals surface area (Å²) < 4.78 is 5.63. The number of aliphatic hydroxyl groups is 4. The van der Waals surface area contributed by atoms with Gasteiger partial charge in [0.05, 0.1) is 23.4 Å². The molecular weight excluding hydrogens is 390 g/mol. The predicted molar refractivity (Wildman–Crippen MR) is 107 cm³/mol. The van der Waals surface area contributed by atoms with E-state index < -0.39 is 43.1 Å². The third-order valence-electron chi connectivity index (χ3n) is 5.34. The predicted octanol–water partition coefficient (Wildman–Crippen LogP) is 1.11. The van der Waals surface area contributed by atoms with Gasteiger partial charge in [0.1, 0.15) is 30.5 Å². The smallest absolute Gasteiger partial charge is 0.335 e. The highest BCUT2D eigenvalue weighted by Gasteiger charge is 2.43. The van der Waals surface area contributed by atoms with Crippen molar-refractivity contribution in [2.24, 2.45) is 0 Å². The van der Waals surface area contributed by atoms with Crippen LogP contribution in [0.3, 0.4) is 0 Å². The highest BCUT2D eigenvalue weighted by Crippen LogP contribution is 2.34. The van der Waals surface area contributed by atoms with Crippen LogP contribution in [0.15, 0.2) is 54.6 Å². The molecule has 5 atom stereocenters. The van der Waals surface area contributed by atoms with E-state index in [1.807, 2.05) is 6.07 Å². The molecule has 4 rings (SSSR count). The summed E-state index contributed by atoms with van der Waals surface area (Å²) in [6, 6.07) is 15.3. The van der Waals surface area contributed by atoms with Crippen LogP contribution in [0.2, 0.25) is 0 Å². The van der Waals surface area contributed by atoms with E-state index in [4.69, 9.17) is 9.84 Å². The molecule has 156 valence electrons. The molecule has 30 heavy (non-hydrogen) atoms. The summed E-state index contributed by atoms with van der Waals surface area (Å²) in [7, 11) is 0. The summed E-state index contributed by atoms with van der Waals surface area (Å²) in [6.07, 6.45) is -6.15. The van der Waals surface area contributed by atoms with Crippen LogP contribution in [-0.2, 0) is 4.74 Å². The molecule has 2 aromatic carbocycles. The number of fused-ring (bicyclic) bond motifs is 1. The van der Waals surface area contributed by atoms with Crippen molar-refractivity contribution >= 4 is 16.9 Å². The number of aliphatic hydroxyl groups excluding tert-OH is 4. The molecule has 8 heteroatoms. The Morgan fingerprint density at radius 3 is 2.50 bits per heavy atom. The Hall–Kier alpha value is -2.88. The van der Waals surface area contributed by atoms with Gasteiger partial charge in [0, 0.05) is 10.9 Å². The highest BCUT2D eigenvalue weighted by molar-refractivity contribution is 5.93. The van der Waals surface area contributed by atoms with Crippen molar-refractivity contribution < 1.29 is 35.1 Å². The zero-order valence-electron chi connectivity index (χ0n) is 15.8. The molecule has 2 heterocycles. The van der Waals surface area contributed by atoms with Gasteiger partial charge in [0.15, 0.2) is 0 Å². The Kier molecular flexibility index (Phi) is 5.50. The number of aromatic carboxylic acids is 1. The first-order valence-electron chi connectivity index (χ1n) is 9.44. The summed E-state index contributed by atoms with van der Waals surface area (Å²) in [6.45, 7) is -0.494. The van der Waals surface area contributed by atoms with E-state index in [0.717, 1.165) is 5.56 Å². The minimum atomic E-state index is -1.45. The second-order valence-corrected chi connectivity index (χ2v) is 7.28. The van der Waals surface area contributed by atoms with Gasteiger partial charge in [-0.2, -0.15) is 0 Å². The Morgan fingerprint density at radius 1 is 0.967 bits per heavy atom. The van der Waals surface area contributed by atoms with Crippen LogP contribution in [0.1, 0.15) is 22.0 Å². The molecule has 1 aliphatic rings. The molecule has 0 unspecified atom stereocenters. The van der Waals surface area contributed by atoms with Crippen molar-refractivity contribution in [2.75, 3.05) is 6.61 Å². The Bertz CT molecular complexity index is 1080. The summed E-state index contributed by atoms with van der Waals surface area (Å²) >= 11 is 0. The number of benzene rings is 2. The molecule has 1 fully saturated rings. The van der Waals surface area contributed by atoms with Gasteiger partial charge in [0.25, 0.3) is 0 Å². The number of carboxylic acids is 1. The number of rotatable bonds is 4. The van der Waals surface area contributed by atoms with Crippen molar-refractivity contribution in [3.63, 3.8) is 0 Å². The summed E-state index contributed by atoms with van der Waals surface area (Å²) in [5, 5.41) is 49.6. The molecule has 0 spiro atoms. The minimum Gasteiger partial charge on any atom is -0.478 e. The summed E-state index contributed by atoms with van der Waals surface area (Å²) in [5.74, 6) is -1.01. The average molecular weight is 411 g/mol. The Morgan fingerprint density at radius 2 is 1.77 bits per heavy atom. The van der Waals surface area contributed by atoms with Gasteiger partial charge in [-0.05, 0) is 35.9 Å². The molecule has 0 saturated carbocycles. The second-order valence-electron chi connectivity index (χ2n) is 7.28. The standard InChI is InChI=1S/C22H21NO7/c24-10-17-18(25)19(26)20(27)21(30-17)13-3-1-2-11(8-13)15-6-4-12-9-14(22(28)29)5-7-16(12)23-15/h1-9,17-21,24-27H,10H2,(H,28,29)/t17-,18-,19+,20+,21-/m1/s1. The number of aromatic nitrogens is 1. The fraction of sp³-hybridized carbons (Fsp3) is 0.273. The van der Waals surface area contributed by atoms with Gasteiger partial charge in [-0.1, -0.05) is 24.3 Å². The van der Waals surface area contributed by atoms with Crippen LogP contribution in [0.5, 0.6) is 0 Å². The fourth-order valence-electron chi connectivity index (χ4n) is 3.67. The third kappa shape index (κ3) is 3.67. The lowest BCUT2D eigenvalue weighted by Crippen LogP contribution is -2.55. The first kappa shape index (κ1) is 20.4. The van der Waals surface area contributed by atoms with Crippen LogP contribution in [0.4, 0.5) is 0 Å². The molecule has 1 saturated heterocycles. The number of pyridine rings is 1. The number of hydrogen-bond donors (Lipinski definition) is 5. The quantitative estimate of drug-likeness (QED) is 0.430. The van der Waals surface area contributed by atoms with E-state index in [9.17, 15) is 25.2 Å². The molecule has 8 nitrogen and oxygen atoms in total. The molecule has 0 amide bonds. The molecule has 0 radical (unpaired) electrons. The van der Waals surface area contributed by atoms with Crippen molar-refractivity contribution in [1.82, 2.24) is 4.98 Å². The molecule has 5 N–H and O–H groups in total. The third-order valence-corrected chi connectivity index (χ3v) is 5.34. The van der Waals surface area contributed by atoms with Crippen molar-refractivity contribution in [1.29, 1.82) is 0 Å². The minimum absolute atomic E-state index is 0.182. The average Bonchev–Trinajstić information content (AvgIpc) is 2.77. The Labute approximate surface area is 171 Å². The first-order chi connectivity index (χ1) is 14.4. The van der Waals surface area contributed by atoms with Crippen LogP contribution < -0.4 is 0 Å². The van der Waals surface area contributed by atoms with Gasteiger partial charge in [0.2, 0.25) is 0 Å². The monoisotopic (exact) mass is 411 g/mol. The van der Waals surface area contributed by atoms with E-state index in [1.54, 1.807) is 42.5 Å². The summed E-state index contributed by atoms with van der Waals surface area (Å²) in [4.78, 5) is 15.7. The first-order valence-corrected chi connectivity index (χ1v) is 9.44. The molecule has 3 aromatic rings. The van der Waals surface area contributed by atoms with Crippen molar-refractivity contribution in [3.05, 3.63) is 65.7 Å². The van der Waals surface area contributed by atoms with Gasteiger partial charge in [-0.3, -0.25) is 0 Å². The largest absolute Gasteiger partial charge is 0.478 e. The highest BCUT2D eigenvalue weighted by atomic mass is 16.5. The van der Waals surface area contributed by atoms with Crippen LogP contribution in [0, 0.1) is 0 Å². The maximum Gasteiger partial charge on any atom is 0.335 e. The van der Waals surface area contributed by atoms with Gasteiger partial charge < -0.3 is 30.3 Å². The topological polar surface area (TPSA) is 140 Å². The molecular formula is C22H21NO7. The second kappa shape index (κ2) is 8.10. The number of carbonyl (C=O) groups is 1. The normalized spacial score (nSPS) is 26.6. The van der Waals surface area contributed by atoms with E-state index in [-0.39, 0.29) is 5.56 Å². The van der Waals surface area contributed by atoms with Crippen LogP contribution >= 0.6 is 0 Å². The number of hydrogen-bond acceptors (Lipinski definition) is 7. The maximum atomic E-state index is 11.1. The van der Waals surface area contributed by atoms with E-state index in [0.29, 0.717) is 22.2 Å². The van der Waals surface area contributed by atoms with E-state index in [2.05, 4.69) is 4.98 Å². The number of ether oxygens (including phenoxy) is 1. The Balaban J connectivity index is 1.68. The number of carboxylic acid groups (broad SMARTS) is 1. The lowest BCUT2D eigenvalue weighted by atomic mass is 9.90. The van der Waals surface area contributed by atoms with Crippen molar-refractivity contribution in [3.8, 4) is 11.3 Å². The SMILES string of the molecule is O=C(O)c1ccc2nc(-c3cccc([C@H]4O[C@H](CO)[C@@H](O)[C@H](O)[C@@H]4O)c3)ccc2c1. The van der Waals surface area contributed by atoms with Gasteiger partial charge >= 0.3 is 5.97 Å². The lowest BCUT2D eigenvalue weighted by molar-refractivity contribution is -0.231. The van der Waals surface area contributed by atoms with Crippen LogP contribution in [-0.4, -0.2) is 67.5 Å². The summed E-state index contributed by atoms with van der Waals surface area (Å²) in [5.41, 5.74) is 2.75. The maximum absolute atomic E-state index is 11.1. The molecule has 0 bridgehead atoms. The fourth-order valence-corrected chi connectivity index (χ4v) is 3.67. The molecule has 1 aromatic heterocycles. The van der Waals surface area contributed by atoms with Crippen LogP contribution in [0.25, 0.3) is 22.2 Å². The number of nitrogens with zero attached hydrogens (tertiary/aromatic N) is 1. The van der Waals surface area contributed by atoms with E-state index >= 15 is 0 Å². The zero-order valence-corrected chi connectivity index (χ0v) is 15.8. The lowest BCUT2D eigenvalue weighted by Gasteiger charge is -2.40. The van der Waals surface area contributed by atoms with Crippen molar-refractivity contribution in [2.45, 2.75) is 30.5 Å². The molecule has 1 aliphatic heterocycles. The molecule has 0 aliphatic carbocycles. The van der Waals surface area contributed by atoms with E-state index in [1.165, 1.54) is 6.07 Å². The van der Waals surface area contributed by atoms with Gasteiger partial charge in [-0.25, -0.2) is 9.78 Å². The van der Waals surface area contributed by atoms with Gasteiger partial charge in [-0.15, -0.1) is 0 Å². The zero-order chi connectivity index (χ0) is 21.4.